The van der Waals surface area contributed by atoms with Crippen LogP contribution >= 0.6 is 0 Å². The number of anilines is 1. The summed E-state index contributed by atoms with van der Waals surface area (Å²) >= 11 is 0. The average molecular weight is 373 g/mol. The lowest BCUT2D eigenvalue weighted by Crippen LogP contribution is -2.38. The van der Waals surface area contributed by atoms with E-state index in [2.05, 4.69) is 17.4 Å². The van der Waals surface area contributed by atoms with Gasteiger partial charge in [-0.2, -0.15) is 0 Å². The van der Waals surface area contributed by atoms with Crippen LogP contribution in [0.5, 0.6) is 11.5 Å². The number of amides is 2. The van der Waals surface area contributed by atoms with E-state index in [0.29, 0.717) is 29.4 Å². The Kier molecular flexibility index (Phi) is 6.30. The quantitative estimate of drug-likeness (QED) is 0.679. The fourth-order valence-electron chi connectivity index (χ4n) is 2.83. The van der Waals surface area contributed by atoms with Gasteiger partial charge in [-0.1, -0.05) is 31.3 Å². The number of nitrogens with one attached hydrogen (secondary N) is 1. The number of ether oxygens (including phenoxy) is 2. The predicted octanol–water partition coefficient (Wildman–Crippen LogP) is 3.06. The topological polar surface area (TPSA) is 93.9 Å². The summed E-state index contributed by atoms with van der Waals surface area (Å²) < 4.78 is 15.3. The number of carbonyl (C=O) groups excluding carboxylic acids is 2. The maximum Gasteiger partial charge on any atom is 0.254 e. The van der Waals surface area contributed by atoms with Gasteiger partial charge in [-0.15, -0.1) is 0 Å². The van der Waals surface area contributed by atoms with E-state index >= 15 is 0 Å². The third-order valence-corrected chi connectivity index (χ3v) is 4.23. The number of fused-ring (bicyclic) bond motifs is 1. The average Bonchev–Trinajstić information content (AvgIpc) is 3.34. The molecule has 2 amide bonds. The minimum atomic E-state index is -0.325. The summed E-state index contributed by atoms with van der Waals surface area (Å²) in [5.74, 6) is 0.929. The number of benzene rings is 1. The van der Waals surface area contributed by atoms with E-state index in [1.54, 1.807) is 29.2 Å². The Balaban J connectivity index is 1.67. The molecule has 0 radical (unpaired) electrons. The van der Waals surface area contributed by atoms with Crippen molar-refractivity contribution >= 4 is 17.6 Å². The van der Waals surface area contributed by atoms with Gasteiger partial charge in [-0.3, -0.25) is 9.59 Å². The molecular formula is C19H23N3O5. The summed E-state index contributed by atoms with van der Waals surface area (Å²) in [6.07, 6.45) is 5.41. The molecule has 0 unspecified atom stereocenters. The van der Waals surface area contributed by atoms with Gasteiger partial charge in [0.1, 0.15) is 12.8 Å². The van der Waals surface area contributed by atoms with Gasteiger partial charge in [0.25, 0.3) is 5.91 Å². The van der Waals surface area contributed by atoms with E-state index in [9.17, 15) is 9.59 Å². The molecule has 8 heteroatoms. The Morgan fingerprint density at radius 3 is 2.78 bits per heavy atom. The van der Waals surface area contributed by atoms with Crippen molar-refractivity contribution in [2.45, 2.75) is 32.6 Å². The lowest BCUT2D eigenvalue weighted by Gasteiger charge is -2.22. The molecule has 8 nitrogen and oxygen atoms in total. The summed E-state index contributed by atoms with van der Waals surface area (Å²) in [6, 6.07) is 6.59. The molecule has 0 aliphatic carbocycles. The third kappa shape index (κ3) is 4.99. The van der Waals surface area contributed by atoms with Crippen molar-refractivity contribution in [2.75, 3.05) is 25.2 Å². The van der Waals surface area contributed by atoms with Crippen LogP contribution in [0.2, 0.25) is 0 Å². The van der Waals surface area contributed by atoms with Crippen LogP contribution < -0.4 is 14.8 Å². The minimum Gasteiger partial charge on any atom is -0.454 e. The molecule has 1 aliphatic rings. The molecule has 0 saturated carbocycles. The number of hydrogen-bond donors (Lipinski definition) is 1. The van der Waals surface area contributed by atoms with Gasteiger partial charge in [-0.05, 0) is 24.6 Å². The first-order chi connectivity index (χ1) is 13.2. The molecule has 2 aromatic rings. The van der Waals surface area contributed by atoms with Gasteiger partial charge in [-0.25, -0.2) is 0 Å². The van der Waals surface area contributed by atoms with Gasteiger partial charge in [0.15, 0.2) is 17.3 Å². The summed E-state index contributed by atoms with van der Waals surface area (Å²) in [6.45, 7) is 2.71. The molecule has 27 heavy (non-hydrogen) atoms. The molecule has 1 aliphatic heterocycles. The molecule has 2 heterocycles. The molecule has 0 saturated heterocycles. The van der Waals surface area contributed by atoms with E-state index in [1.807, 2.05) is 0 Å². The van der Waals surface area contributed by atoms with E-state index in [0.717, 1.165) is 25.7 Å². The Bertz CT molecular complexity index is 776. The van der Waals surface area contributed by atoms with Gasteiger partial charge >= 0.3 is 0 Å². The van der Waals surface area contributed by atoms with Crippen molar-refractivity contribution in [3.63, 3.8) is 0 Å². The Morgan fingerprint density at radius 2 is 2.00 bits per heavy atom. The highest BCUT2D eigenvalue weighted by molar-refractivity contribution is 5.99. The lowest BCUT2D eigenvalue weighted by atomic mass is 10.1. The zero-order chi connectivity index (χ0) is 19.1. The van der Waals surface area contributed by atoms with Crippen LogP contribution in [-0.2, 0) is 4.79 Å². The lowest BCUT2D eigenvalue weighted by molar-refractivity contribution is -0.117. The maximum absolute atomic E-state index is 13.0. The van der Waals surface area contributed by atoms with Gasteiger partial charge in [0.2, 0.25) is 12.7 Å². The van der Waals surface area contributed by atoms with Crippen LogP contribution in [0.15, 0.2) is 35.1 Å². The second kappa shape index (κ2) is 9.07. The van der Waals surface area contributed by atoms with Crippen molar-refractivity contribution in [3.05, 3.63) is 36.1 Å². The van der Waals surface area contributed by atoms with Gasteiger partial charge in [0.05, 0.1) is 0 Å². The first-order valence-corrected chi connectivity index (χ1v) is 9.06. The van der Waals surface area contributed by atoms with E-state index < -0.39 is 0 Å². The molecule has 3 rings (SSSR count). The largest absolute Gasteiger partial charge is 0.454 e. The predicted molar refractivity (Wildman–Crippen MR) is 97.7 cm³/mol. The second-order valence-electron chi connectivity index (χ2n) is 6.29. The van der Waals surface area contributed by atoms with Crippen molar-refractivity contribution in [1.82, 2.24) is 10.1 Å². The van der Waals surface area contributed by atoms with Crippen LogP contribution in [0.3, 0.4) is 0 Å². The summed E-state index contributed by atoms with van der Waals surface area (Å²) in [7, 11) is 0. The van der Waals surface area contributed by atoms with E-state index in [-0.39, 0.29) is 25.2 Å². The smallest absolute Gasteiger partial charge is 0.254 e. The zero-order valence-electron chi connectivity index (χ0n) is 15.3. The molecule has 0 bridgehead atoms. The molecule has 144 valence electrons. The highest BCUT2D eigenvalue weighted by Gasteiger charge is 2.22. The van der Waals surface area contributed by atoms with Crippen molar-refractivity contribution in [2.24, 2.45) is 0 Å². The molecule has 0 atom stereocenters. The maximum atomic E-state index is 13.0. The normalized spacial score (nSPS) is 12.0. The van der Waals surface area contributed by atoms with Crippen LogP contribution in [0.1, 0.15) is 43.0 Å². The number of nitrogens with zero attached hydrogens (tertiary/aromatic N) is 2. The highest BCUT2D eigenvalue weighted by atomic mass is 16.7. The Labute approximate surface area is 157 Å². The van der Waals surface area contributed by atoms with E-state index in [4.69, 9.17) is 14.0 Å². The first-order valence-electron chi connectivity index (χ1n) is 9.06. The first kappa shape index (κ1) is 18.8. The van der Waals surface area contributed by atoms with Crippen LogP contribution in [0.4, 0.5) is 5.82 Å². The van der Waals surface area contributed by atoms with Crippen LogP contribution in [0.25, 0.3) is 0 Å². The highest BCUT2D eigenvalue weighted by Crippen LogP contribution is 2.32. The summed E-state index contributed by atoms with van der Waals surface area (Å²) in [5, 5.41) is 6.27. The van der Waals surface area contributed by atoms with Crippen molar-refractivity contribution < 1.29 is 23.6 Å². The standard InChI is InChI=1S/C19H23N3O5/c1-2-3-4-5-9-22(12-18(23)20-17-8-10-27-21-17)19(24)14-6-7-15-16(11-14)26-13-25-15/h6-8,10-11H,2-5,9,12-13H2,1H3,(H,20,21,23). The third-order valence-electron chi connectivity index (χ3n) is 4.23. The molecule has 1 N–H and O–H groups in total. The zero-order valence-corrected chi connectivity index (χ0v) is 15.3. The Morgan fingerprint density at radius 1 is 1.15 bits per heavy atom. The fraction of sp³-hybridized carbons (Fsp3) is 0.421. The molecule has 0 spiro atoms. The monoisotopic (exact) mass is 373 g/mol. The molecule has 1 aromatic heterocycles. The van der Waals surface area contributed by atoms with Gasteiger partial charge < -0.3 is 24.2 Å². The number of rotatable bonds is 9. The number of carbonyl (C=O) groups is 2. The van der Waals surface area contributed by atoms with Crippen LogP contribution in [0, 0.1) is 0 Å². The fourth-order valence-corrected chi connectivity index (χ4v) is 2.83. The summed E-state index contributed by atoms with van der Waals surface area (Å²) in [5.41, 5.74) is 0.462. The molecular weight excluding hydrogens is 350 g/mol. The van der Waals surface area contributed by atoms with Crippen molar-refractivity contribution in [1.29, 1.82) is 0 Å². The van der Waals surface area contributed by atoms with Gasteiger partial charge in [0, 0.05) is 18.2 Å². The molecule has 0 fully saturated rings. The number of hydrogen-bond acceptors (Lipinski definition) is 6. The van der Waals surface area contributed by atoms with Crippen LogP contribution in [-0.4, -0.2) is 41.8 Å². The second-order valence-corrected chi connectivity index (χ2v) is 6.29. The SMILES string of the molecule is CCCCCCN(CC(=O)Nc1ccon1)C(=O)c1ccc2c(c1)OCO2. The summed E-state index contributed by atoms with van der Waals surface area (Å²) in [4.78, 5) is 26.8. The van der Waals surface area contributed by atoms with Crippen molar-refractivity contribution in [3.8, 4) is 11.5 Å². The Hall–Kier alpha value is -3.03. The number of unbranched alkanes of at least 4 members (excludes halogenated alkanes) is 3. The number of aromatic nitrogens is 1. The molecule has 1 aromatic carbocycles. The minimum absolute atomic E-state index is 0.0632. The van der Waals surface area contributed by atoms with E-state index in [1.165, 1.54) is 6.26 Å².